The topological polar surface area (TPSA) is 291 Å². The summed E-state index contributed by atoms with van der Waals surface area (Å²) in [7, 11) is 0. The first-order valence-corrected chi connectivity index (χ1v) is 23.2. The van der Waals surface area contributed by atoms with Gasteiger partial charge in [-0.25, -0.2) is 9.59 Å². The van der Waals surface area contributed by atoms with E-state index in [1.807, 2.05) is 0 Å². The number of carbonyl (C=O) groups excluding carboxylic acids is 7. The Balaban J connectivity index is 1.41. The molecule has 19 heteroatoms. The monoisotopic (exact) mass is 982 g/mol. The molecule has 1 heterocycles. The fraction of sp³-hybridized carbons (Fsp3) is 0.462. The highest BCUT2D eigenvalue weighted by molar-refractivity contribution is 5.96. The molecule has 4 aliphatic rings. The van der Waals surface area contributed by atoms with Crippen LogP contribution in [0.3, 0.4) is 0 Å². The third kappa shape index (κ3) is 9.58. The molecular weight excluding hydrogens is 925 g/mol. The number of carbonyl (C=O) groups is 8. The highest BCUT2D eigenvalue weighted by atomic mass is 16.6. The molecule has 3 aromatic carbocycles. The van der Waals surface area contributed by atoms with Crippen molar-refractivity contribution in [2.75, 3.05) is 6.61 Å². The number of aliphatic hydroxyl groups is 2. The fourth-order valence-electron chi connectivity index (χ4n) is 10.9. The molecule has 6 N–H and O–H groups in total. The second-order valence-electron chi connectivity index (χ2n) is 19.3. The number of esters is 5. The van der Waals surface area contributed by atoms with Gasteiger partial charge in [-0.05, 0) is 61.2 Å². The van der Waals surface area contributed by atoms with Crippen molar-refractivity contribution >= 4 is 47.5 Å². The summed E-state index contributed by atoms with van der Waals surface area (Å²) in [5.74, 6) is -9.82. The minimum Gasteiger partial charge on any atom is -0.480 e. The molecule has 0 radical (unpaired) electrons. The molecular formula is C52H58N2O17. The molecule has 19 nitrogen and oxygen atoms in total. The number of hydrogen-bond donors (Lipinski definition) is 5. The van der Waals surface area contributed by atoms with E-state index in [0.717, 1.165) is 13.8 Å². The zero-order valence-corrected chi connectivity index (χ0v) is 40.0. The van der Waals surface area contributed by atoms with Crippen molar-refractivity contribution < 1.29 is 82.1 Å². The van der Waals surface area contributed by atoms with Gasteiger partial charge in [-0.2, -0.15) is 0 Å². The van der Waals surface area contributed by atoms with Gasteiger partial charge in [0.2, 0.25) is 6.10 Å². The first-order valence-electron chi connectivity index (χ1n) is 23.2. The van der Waals surface area contributed by atoms with Gasteiger partial charge in [0.15, 0.2) is 17.5 Å². The van der Waals surface area contributed by atoms with Crippen LogP contribution in [-0.4, -0.2) is 123 Å². The largest absolute Gasteiger partial charge is 0.480 e. The van der Waals surface area contributed by atoms with Crippen LogP contribution >= 0.6 is 0 Å². The summed E-state index contributed by atoms with van der Waals surface area (Å²) in [5, 5.41) is 38.3. The number of amides is 1. The van der Waals surface area contributed by atoms with E-state index in [0.29, 0.717) is 0 Å². The van der Waals surface area contributed by atoms with Crippen molar-refractivity contribution in [3.05, 3.63) is 119 Å². The van der Waals surface area contributed by atoms with E-state index in [4.69, 9.17) is 34.2 Å². The number of nitrogens with one attached hydrogen (secondary N) is 1. The Bertz CT molecular complexity index is 2600. The van der Waals surface area contributed by atoms with Crippen molar-refractivity contribution in [1.29, 1.82) is 0 Å². The van der Waals surface area contributed by atoms with Gasteiger partial charge in [0, 0.05) is 44.1 Å². The number of carboxylic acids is 1. The van der Waals surface area contributed by atoms with Crippen LogP contribution in [0, 0.1) is 16.7 Å². The van der Waals surface area contributed by atoms with Gasteiger partial charge in [-0.3, -0.25) is 28.8 Å². The summed E-state index contributed by atoms with van der Waals surface area (Å²) in [6.07, 6.45) is -12.1. The quantitative estimate of drug-likeness (QED) is 0.0827. The Morgan fingerprint density at radius 2 is 1.44 bits per heavy atom. The van der Waals surface area contributed by atoms with Gasteiger partial charge in [0.1, 0.15) is 36.0 Å². The lowest BCUT2D eigenvalue weighted by Crippen LogP contribution is -2.82. The van der Waals surface area contributed by atoms with Gasteiger partial charge in [-0.15, -0.1) is 0 Å². The number of fused-ring (bicyclic) bond motifs is 5. The van der Waals surface area contributed by atoms with Gasteiger partial charge in [0.05, 0.1) is 29.6 Å². The number of benzene rings is 3. The molecule has 0 spiro atoms. The Kier molecular flexibility index (Phi) is 14.8. The highest BCUT2D eigenvalue weighted by Crippen LogP contribution is 2.64. The van der Waals surface area contributed by atoms with E-state index in [1.54, 1.807) is 66.7 Å². The second-order valence-corrected chi connectivity index (χ2v) is 19.3. The average molecular weight is 983 g/mol. The molecule has 2 bridgehead atoms. The number of aliphatic hydroxyl groups excluding tert-OH is 1. The van der Waals surface area contributed by atoms with Crippen LogP contribution < -0.4 is 11.1 Å². The maximum atomic E-state index is 15.7. The van der Waals surface area contributed by atoms with Gasteiger partial charge < -0.3 is 54.8 Å². The number of Topliss-reactive ketones (excluding diaryl/α,β-unsaturated/α-hetero) is 1. The molecule has 3 fully saturated rings. The summed E-state index contributed by atoms with van der Waals surface area (Å²) >= 11 is 0. The zero-order valence-electron chi connectivity index (χ0n) is 40.0. The molecule has 12 atom stereocenters. The van der Waals surface area contributed by atoms with Gasteiger partial charge in [0.25, 0.3) is 5.91 Å². The maximum Gasteiger partial charge on any atom is 0.350 e. The molecule has 1 unspecified atom stereocenters. The van der Waals surface area contributed by atoms with Crippen molar-refractivity contribution in [2.24, 2.45) is 22.5 Å². The van der Waals surface area contributed by atoms with Crippen molar-refractivity contribution in [1.82, 2.24) is 5.32 Å². The number of hydrogen-bond acceptors (Lipinski definition) is 17. The van der Waals surface area contributed by atoms with E-state index in [2.05, 4.69) is 5.32 Å². The van der Waals surface area contributed by atoms with Crippen molar-refractivity contribution in [3.8, 4) is 0 Å². The molecule has 378 valence electrons. The fourth-order valence-corrected chi connectivity index (χ4v) is 10.9. The molecule has 1 saturated heterocycles. The third-order valence-electron chi connectivity index (χ3n) is 14.7. The smallest absolute Gasteiger partial charge is 0.350 e. The van der Waals surface area contributed by atoms with Crippen LogP contribution in [0.5, 0.6) is 0 Å². The standard InChI is InChI=1S/C52H58N2O17/c1-27-34(68-48(64)41(69-37(58)23-22-33(53)46(61)62)39(30-16-10-7-11-17-30)54-45(60)31-18-12-8-13-19-31)25-52(65)44(70-47(63)32-20-14-9-15-21-32)42-50(6,35(57)24-36-51(42,26-66-36)71-29(3)56)43(59)40(67-28(2)55)38(27)49(52,4)5/h7-21,33-36,39-42,44,57,65H,22-26,53H2,1-6H3,(H,54,60)(H,61,62)/t33?,34-,35-,36+,39-,40+,41+,42-,44-,50+,51-,52+/m0/s1. The summed E-state index contributed by atoms with van der Waals surface area (Å²) < 4.78 is 36.5. The van der Waals surface area contributed by atoms with Crippen LogP contribution in [0.2, 0.25) is 0 Å². The van der Waals surface area contributed by atoms with Crippen molar-refractivity contribution in [3.63, 3.8) is 0 Å². The molecule has 71 heavy (non-hydrogen) atoms. The number of ether oxygens (including phenoxy) is 6. The van der Waals surface area contributed by atoms with E-state index < -0.39 is 143 Å². The van der Waals surface area contributed by atoms with Crippen LogP contribution in [-0.2, 0) is 57.2 Å². The molecule has 1 amide bonds. The first-order chi connectivity index (χ1) is 33.5. The SMILES string of the molecule is CC(=O)O[C@H]1C(=O)[C@@]2(C)[C@H]([C@H](OC(=O)c3ccccc3)[C@]3(O)C[C@H](OC(=O)[C@H](OC(=O)CCC(N)C(=O)O)[C@@H](NC(=O)c4ccccc4)c4ccccc4)C(C)=C1C3(C)C)[C@]1(OC(C)=O)CO[C@@H]1C[C@@H]2O. The Labute approximate surface area is 408 Å². The number of carboxylic acid groups (broad SMARTS) is 1. The van der Waals surface area contributed by atoms with E-state index in [-0.39, 0.29) is 40.9 Å². The summed E-state index contributed by atoms with van der Waals surface area (Å²) in [6.45, 7) is 7.67. The minimum absolute atomic E-state index is 0.0188. The molecule has 2 saturated carbocycles. The van der Waals surface area contributed by atoms with Crippen LogP contribution in [0.1, 0.15) is 99.5 Å². The third-order valence-corrected chi connectivity index (χ3v) is 14.7. The maximum absolute atomic E-state index is 15.7. The summed E-state index contributed by atoms with van der Waals surface area (Å²) in [5.41, 5.74) is -2.12. The highest BCUT2D eigenvalue weighted by Gasteiger charge is 2.78. The summed E-state index contributed by atoms with van der Waals surface area (Å²) in [6, 6.07) is 20.6. The van der Waals surface area contributed by atoms with E-state index >= 15 is 9.59 Å². The lowest BCUT2D eigenvalue weighted by molar-refractivity contribution is -0.346. The van der Waals surface area contributed by atoms with Gasteiger partial charge >= 0.3 is 35.8 Å². The lowest BCUT2D eigenvalue weighted by Gasteiger charge is -2.67. The molecule has 3 aliphatic carbocycles. The van der Waals surface area contributed by atoms with E-state index in [1.165, 1.54) is 52.0 Å². The van der Waals surface area contributed by atoms with E-state index in [9.17, 15) is 44.1 Å². The predicted octanol–water partition coefficient (Wildman–Crippen LogP) is 3.48. The normalized spacial score (nSPS) is 29.6. The number of ketones is 1. The number of rotatable bonds is 15. The van der Waals surface area contributed by atoms with Crippen molar-refractivity contribution in [2.45, 2.75) is 127 Å². The minimum atomic E-state index is -2.51. The Morgan fingerprint density at radius 3 is 1.99 bits per heavy atom. The molecule has 7 rings (SSSR count). The lowest BCUT2D eigenvalue weighted by atomic mass is 9.44. The molecule has 0 aromatic heterocycles. The first kappa shape index (κ1) is 52.0. The van der Waals surface area contributed by atoms with Crippen LogP contribution in [0.15, 0.2) is 102 Å². The van der Waals surface area contributed by atoms with Crippen LogP contribution in [0.25, 0.3) is 0 Å². The Morgan fingerprint density at radius 1 is 0.845 bits per heavy atom. The summed E-state index contributed by atoms with van der Waals surface area (Å²) in [4.78, 5) is 111. The van der Waals surface area contributed by atoms with Gasteiger partial charge in [-0.1, -0.05) is 80.6 Å². The zero-order chi connectivity index (χ0) is 51.8. The molecule has 3 aromatic rings. The average Bonchev–Trinajstić information content (AvgIpc) is 3.33. The number of nitrogens with two attached hydrogens (primary N) is 1. The number of aliphatic carboxylic acids is 1. The Hall–Kier alpha value is -6.80. The predicted molar refractivity (Wildman–Crippen MR) is 246 cm³/mol. The van der Waals surface area contributed by atoms with Crippen LogP contribution in [0.4, 0.5) is 0 Å². The molecule has 1 aliphatic heterocycles. The second kappa shape index (κ2) is 20.1.